The Bertz CT molecular complexity index is 568. The molecule has 0 radical (unpaired) electrons. The molecule has 0 spiro atoms. The van der Waals surface area contributed by atoms with Crippen LogP contribution in [0.1, 0.15) is 39.0 Å². The van der Waals surface area contributed by atoms with E-state index in [1.165, 1.54) is 6.92 Å². The van der Waals surface area contributed by atoms with Crippen molar-refractivity contribution < 1.29 is 29.1 Å². The summed E-state index contributed by atoms with van der Waals surface area (Å²) in [7, 11) is 0. The van der Waals surface area contributed by atoms with Crippen molar-refractivity contribution in [3.05, 3.63) is 0 Å². The number of nitrogens with two attached hydrogens (primary N) is 3. The van der Waals surface area contributed by atoms with Crippen LogP contribution in [-0.2, 0) is 24.0 Å². The Morgan fingerprint density at radius 2 is 1.61 bits per heavy atom. The van der Waals surface area contributed by atoms with Crippen LogP contribution in [0.3, 0.4) is 0 Å². The second-order valence-corrected chi connectivity index (χ2v) is 6.32. The number of amides is 4. The number of nitrogens with one attached hydrogen (secondary N) is 3. The van der Waals surface area contributed by atoms with Crippen LogP contribution in [0.15, 0.2) is 0 Å². The van der Waals surface area contributed by atoms with Gasteiger partial charge in [-0.1, -0.05) is 0 Å². The summed E-state index contributed by atoms with van der Waals surface area (Å²) in [6, 6.07) is -3.17. The number of hydrogen-bond donors (Lipinski definition) is 7. The van der Waals surface area contributed by atoms with Gasteiger partial charge in [0, 0.05) is 6.42 Å². The zero-order valence-electron chi connectivity index (χ0n) is 15.9. The Morgan fingerprint density at radius 1 is 0.964 bits per heavy atom. The Labute approximate surface area is 162 Å². The summed E-state index contributed by atoms with van der Waals surface area (Å²) in [5.74, 6) is -3.94. The molecular formula is C16H30N6O6. The topological polar surface area (TPSA) is 220 Å². The van der Waals surface area contributed by atoms with Crippen molar-refractivity contribution in [3.63, 3.8) is 0 Å². The molecule has 0 saturated carbocycles. The van der Waals surface area contributed by atoms with Gasteiger partial charge in [-0.25, -0.2) is 4.79 Å². The van der Waals surface area contributed by atoms with Gasteiger partial charge in [0.1, 0.15) is 12.1 Å². The minimum Gasteiger partial charge on any atom is -0.480 e. The smallest absolute Gasteiger partial charge is 0.326 e. The van der Waals surface area contributed by atoms with Crippen LogP contribution in [0.5, 0.6) is 0 Å². The summed E-state index contributed by atoms with van der Waals surface area (Å²) < 4.78 is 0. The van der Waals surface area contributed by atoms with Crippen molar-refractivity contribution in [2.45, 2.75) is 57.2 Å². The van der Waals surface area contributed by atoms with Crippen molar-refractivity contribution in [2.24, 2.45) is 17.2 Å². The molecule has 160 valence electrons. The fourth-order valence-electron chi connectivity index (χ4n) is 2.15. The van der Waals surface area contributed by atoms with Crippen LogP contribution in [-0.4, -0.2) is 65.9 Å². The number of hydrogen-bond acceptors (Lipinski definition) is 7. The lowest BCUT2D eigenvalue weighted by molar-refractivity contribution is -0.142. The molecule has 28 heavy (non-hydrogen) atoms. The summed E-state index contributed by atoms with van der Waals surface area (Å²) in [6.45, 7) is 1.40. The Balaban J connectivity index is 4.92. The molecule has 12 heteroatoms. The molecule has 0 fully saturated rings. The monoisotopic (exact) mass is 402 g/mol. The largest absolute Gasteiger partial charge is 0.480 e. The van der Waals surface area contributed by atoms with E-state index in [2.05, 4.69) is 16.0 Å². The van der Waals surface area contributed by atoms with Crippen molar-refractivity contribution in [1.29, 1.82) is 0 Å². The van der Waals surface area contributed by atoms with Gasteiger partial charge in [-0.3, -0.25) is 19.2 Å². The summed E-state index contributed by atoms with van der Waals surface area (Å²) in [5.41, 5.74) is 15.8. The minimum absolute atomic E-state index is 0.122. The first kappa shape index (κ1) is 25.3. The van der Waals surface area contributed by atoms with E-state index in [0.717, 1.165) is 0 Å². The van der Waals surface area contributed by atoms with Gasteiger partial charge in [-0.15, -0.1) is 0 Å². The zero-order valence-corrected chi connectivity index (χ0v) is 15.9. The average Bonchev–Trinajstić information content (AvgIpc) is 2.61. The molecule has 12 nitrogen and oxygen atoms in total. The molecule has 0 aliphatic heterocycles. The first-order chi connectivity index (χ1) is 13.1. The molecule has 3 unspecified atom stereocenters. The van der Waals surface area contributed by atoms with E-state index >= 15 is 0 Å². The number of carbonyl (C=O) groups is 5. The van der Waals surface area contributed by atoms with Gasteiger partial charge >= 0.3 is 5.97 Å². The molecule has 0 aromatic carbocycles. The van der Waals surface area contributed by atoms with Crippen LogP contribution < -0.4 is 33.2 Å². The van der Waals surface area contributed by atoms with Crippen LogP contribution in [0.4, 0.5) is 0 Å². The minimum atomic E-state index is -1.23. The van der Waals surface area contributed by atoms with Gasteiger partial charge in [-0.05, 0) is 39.2 Å². The number of carbonyl (C=O) groups excluding carboxylic acids is 4. The van der Waals surface area contributed by atoms with E-state index in [1.807, 2.05) is 0 Å². The van der Waals surface area contributed by atoms with E-state index < -0.39 is 54.3 Å². The van der Waals surface area contributed by atoms with E-state index in [4.69, 9.17) is 17.2 Å². The van der Waals surface area contributed by atoms with Crippen molar-refractivity contribution in [2.75, 3.05) is 13.1 Å². The Hall–Kier alpha value is -2.73. The summed E-state index contributed by atoms with van der Waals surface area (Å²) in [6.07, 6.45) is 0.939. The average molecular weight is 402 g/mol. The number of unbranched alkanes of at least 4 members (excludes halogenated alkanes) is 1. The fourth-order valence-corrected chi connectivity index (χ4v) is 2.15. The first-order valence-corrected chi connectivity index (χ1v) is 8.92. The van der Waals surface area contributed by atoms with Gasteiger partial charge < -0.3 is 38.3 Å². The quantitative estimate of drug-likeness (QED) is 0.147. The van der Waals surface area contributed by atoms with Gasteiger partial charge in [0.25, 0.3) is 0 Å². The molecule has 0 aliphatic carbocycles. The maximum absolute atomic E-state index is 12.4. The predicted octanol–water partition coefficient (Wildman–Crippen LogP) is -3.10. The molecule has 10 N–H and O–H groups in total. The normalized spacial score (nSPS) is 13.7. The maximum atomic E-state index is 12.4. The number of rotatable bonds is 14. The summed E-state index contributed by atoms with van der Waals surface area (Å²) in [5, 5.41) is 16.2. The molecule has 0 aromatic rings. The molecule has 0 aromatic heterocycles. The molecular weight excluding hydrogens is 372 g/mol. The lowest BCUT2D eigenvalue weighted by atomic mass is 10.1. The van der Waals surface area contributed by atoms with Crippen molar-refractivity contribution in [1.82, 2.24) is 16.0 Å². The highest BCUT2D eigenvalue weighted by Crippen LogP contribution is 2.04. The SMILES string of the molecule is CC(N)C(=O)NCC(=O)NC(CCC(N)=O)C(=O)NC(CCCCN)C(=O)O. The Morgan fingerprint density at radius 3 is 2.11 bits per heavy atom. The first-order valence-electron chi connectivity index (χ1n) is 8.92. The van der Waals surface area contributed by atoms with E-state index in [9.17, 15) is 29.1 Å². The highest BCUT2D eigenvalue weighted by Gasteiger charge is 2.26. The van der Waals surface area contributed by atoms with Gasteiger partial charge in [0.15, 0.2) is 0 Å². The highest BCUT2D eigenvalue weighted by molar-refractivity contribution is 5.92. The third-order valence-electron chi connectivity index (χ3n) is 3.73. The molecule has 0 heterocycles. The second kappa shape index (κ2) is 13.4. The summed E-state index contributed by atoms with van der Waals surface area (Å²) in [4.78, 5) is 58.1. The van der Waals surface area contributed by atoms with Crippen molar-refractivity contribution >= 4 is 29.6 Å². The van der Waals surface area contributed by atoms with Crippen LogP contribution in [0.25, 0.3) is 0 Å². The third-order valence-corrected chi connectivity index (χ3v) is 3.73. The maximum Gasteiger partial charge on any atom is 0.326 e. The second-order valence-electron chi connectivity index (χ2n) is 6.32. The lowest BCUT2D eigenvalue weighted by Crippen LogP contribution is -2.53. The molecule has 0 aliphatic rings. The van der Waals surface area contributed by atoms with Crippen LogP contribution >= 0.6 is 0 Å². The van der Waals surface area contributed by atoms with E-state index in [-0.39, 0.29) is 19.3 Å². The number of aliphatic carboxylic acids is 1. The predicted molar refractivity (Wildman–Crippen MR) is 99.5 cm³/mol. The zero-order chi connectivity index (χ0) is 21.7. The third kappa shape index (κ3) is 11.1. The lowest BCUT2D eigenvalue weighted by Gasteiger charge is -2.21. The van der Waals surface area contributed by atoms with Gasteiger partial charge in [-0.2, -0.15) is 0 Å². The molecule has 0 bridgehead atoms. The van der Waals surface area contributed by atoms with Crippen LogP contribution in [0, 0.1) is 0 Å². The highest BCUT2D eigenvalue weighted by atomic mass is 16.4. The van der Waals surface area contributed by atoms with E-state index in [0.29, 0.717) is 19.4 Å². The van der Waals surface area contributed by atoms with Crippen LogP contribution in [0.2, 0.25) is 0 Å². The fraction of sp³-hybridized carbons (Fsp3) is 0.688. The number of carboxylic acid groups (broad SMARTS) is 1. The molecule has 4 amide bonds. The Kier molecular flexibility index (Phi) is 12.1. The van der Waals surface area contributed by atoms with Gasteiger partial charge in [0.05, 0.1) is 12.6 Å². The number of carboxylic acids is 1. The molecule has 3 atom stereocenters. The van der Waals surface area contributed by atoms with Crippen molar-refractivity contribution in [3.8, 4) is 0 Å². The summed E-state index contributed by atoms with van der Waals surface area (Å²) >= 11 is 0. The van der Waals surface area contributed by atoms with E-state index in [1.54, 1.807) is 0 Å². The van der Waals surface area contributed by atoms with Gasteiger partial charge in [0.2, 0.25) is 23.6 Å². The molecule has 0 saturated heterocycles. The standard InChI is InChI=1S/C16H30N6O6/c1-9(18)14(25)20-8-13(24)21-10(5-6-12(19)23)15(26)22-11(16(27)28)4-2-3-7-17/h9-11H,2-8,17-18H2,1H3,(H2,19,23)(H,20,25)(H,21,24)(H,22,26)(H,27,28). The number of primary amides is 1. The molecule has 0 rings (SSSR count).